The SMILES string of the molecule is Cc1cc(/C=C(/C#N)c2nc3ccccc3n2C)c(C)n1-c1cccc([N+](=O)[O-])c1. The van der Waals surface area contributed by atoms with Crippen molar-refractivity contribution in [2.75, 3.05) is 0 Å². The average Bonchev–Trinajstić information content (AvgIpc) is 3.22. The molecule has 0 atom stereocenters. The van der Waals surface area contributed by atoms with Crippen LogP contribution < -0.4 is 0 Å². The highest BCUT2D eigenvalue weighted by Crippen LogP contribution is 2.27. The number of fused-ring (bicyclic) bond motifs is 1. The van der Waals surface area contributed by atoms with Crippen molar-refractivity contribution in [2.24, 2.45) is 7.05 Å². The molecule has 0 radical (unpaired) electrons. The molecule has 2 aromatic carbocycles. The first-order valence-electron chi connectivity index (χ1n) is 9.38. The third kappa shape index (κ3) is 3.14. The van der Waals surface area contributed by atoms with E-state index < -0.39 is 4.92 Å². The topological polar surface area (TPSA) is 89.7 Å². The lowest BCUT2D eigenvalue weighted by Gasteiger charge is -2.09. The van der Waals surface area contributed by atoms with Gasteiger partial charge in [-0.15, -0.1) is 0 Å². The van der Waals surface area contributed by atoms with Crippen molar-refractivity contribution in [1.29, 1.82) is 5.26 Å². The fourth-order valence-electron chi connectivity index (χ4n) is 3.77. The van der Waals surface area contributed by atoms with E-state index in [4.69, 9.17) is 0 Å². The molecule has 0 aliphatic rings. The summed E-state index contributed by atoms with van der Waals surface area (Å²) < 4.78 is 3.85. The molecule has 0 unspecified atom stereocenters. The van der Waals surface area contributed by atoms with Crippen LogP contribution in [0.3, 0.4) is 0 Å². The average molecular weight is 397 g/mol. The van der Waals surface area contributed by atoms with Crippen LogP contribution in [0.2, 0.25) is 0 Å². The van der Waals surface area contributed by atoms with E-state index in [2.05, 4.69) is 11.1 Å². The summed E-state index contributed by atoms with van der Waals surface area (Å²) in [6.07, 6.45) is 1.82. The number of non-ortho nitro benzene ring substituents is 1. The van der Waals surface area contributed by atoms with Gasteiger partial charge in [-0.1, -0.05) is 18.2 Å². The number of nitrogens with zero attached hydrogens (tertiary/aromatic N) is 5. The highest BCUT2D eigenvalue weighted by atomic mass is 16.6. The number of aromatic nitrogens is 3. The highest BCUT2D eigenvalue weighted by molar-refractivity contribution is 5.91. The first-order valence-corrected chi connectivity index (χ1v) is 9.38. The van der Waals surface area contributed by atoms with Gasteiger partial charge in [-0.3, -0.25) is 10.1 Å². The molecule has 7 nitrogen and oxygen atoms in total. The number of para-hydroxylation sites is 2. The molecule has 7 heteroatoms. The molecule has 2 aromatic heterocycles. The van der Waals surface area contributed by atoms with E-state index in [1.54, 1.807) is 12.1 Å². The number of rotatable bonds is 4. The Labute approximate surface area is 173 Å². The van der Waals surface area contributed by atoms with Gasteiger partial charge in [0.1, 0.15) is 6.07 Å². The van der Waals surface area contributed by atoms with Crippen LogP contribution in [0.4, 0.5) is 5.69 Å². The summed E-state index contributed by atoms with van der Waals surface area (Å²) in [6.45, 7) is 3.87. The van der Waals surface area contributed by atoms with Crippen LogP contribution in [-0.2, 0) is 7.05 Å². The lowest BCUT2D eigenvalue weighted by molar-refractivity contribution is -0.384. The Bertz CT molecular complexity index is 1370. The number of hydrogen-bond donors (Lipinski definition) is 0. The Morgan fingerprint density at radius 1 is 1.17 bits per heavy atom. The fraction of sp³-hybridized carbons (Fsp3) is 0.130. The first-order chi connectivity index (χ1) is 14.4. The summed E-state index contributed by atoms with van der Waals surface area (Å²) in [5.74, 6) is 0.596. The van der Waals surface area contributed by atoms with Crippen molar-refractivity contribution < 1.29 is 4.92 Å². The van der Waals surface area contributed by atoms with Crippen molar-refractivity contribution in [3.63, 3.8) is 0 Å². The molecule has 30 heavy (non-hydrogen) atoms. The van der Waals surface area contributed by atoms with Crippen LogP contribution in [0.25, 0.3) is 28.4 Å². The van der Waals surface area contributed by atoms with E-state index in [9.17, 15) is 15.4 Å². The lowest BCUT2D eigenvalue weighted by atomic mass is 10.1. The second-order valence-electron chi connectivity index (χ2n) is 7.09. The van der Waals surface area contributed by atoms with E-state index in [0.717, 1.165) is 28.0 Å². The van der Waals surface area contributed by atoms with E-state index in [1.807, 2.05) is 72.5 Å². The minimum Gasteiger partial charge on any atom is -0.327 e. The molecule has 0 aliphatic carbocycles. The molecule has 0 saturated carbocycles. The molecular formula is C23H19N5O2. The predicted octanol–water partition coefficient (Wildman–Crippen LogP) is 4.95. The maximum absolute atomic E-state index is 11.1. The summed E-state index contributed by atoms with van der Waals surface area (Å²) >= 11 is 0. The van der Waals surface area contributed by atoms with Gasteiger partial charge < -0.3 is 9.13 Å². The van der Waals surface area contributed by atoms with Gasteiger partial charge in [0.15, 0.2) is 5.82 Å². The summed E-state index contributed by atoms with van der Waals surface area (Å²) in [5, 5.41) is 21.0. The Hall–Kier alpha value is -4.18. The molecule has 0 amide bonds. The van der Waals surface area contributed by atoms with Gasteiger partial charge >= 0.3 is 0 Å². The predicted molar refractivity (Wildman–Crippen MR) is 116 cm³/mol. The van der Waals surface area contributed by atoms with E-state index in [1.165, 1.54) is 6.07 Å². The number of nitro groups is 1. The van der Waals surface area contributed by atoms with Crippen molar-refractivity contribution in [3.05, 3.63) is 87.5 Å². The van der Waals surface area contributed by atoms with Gasteiger partial charge in [0.2, 0.25) is 0 Å². The third-order valence-corrected chi connectivity index (χ3v) is 5.22. The third-order valence-electron chi connectivity index (χ3n) is 5.22. The normalized spacial score (nSPS) is 11.6. The van der Waals surface area contributed by atoms with Crippen LogP contribution in [0.15, 0.2) is 54.6 Å². The molecular weight excluding hydrogens is 378 g/mol. The zero-order chi connectivity index (χ0) is 21.4. The van der Waals surface area contributed by atoms with Gasteiger partial charge in [0, 0.05) is 30.6 Å². The number of nitro benzene ring substituents is 1. The fourth-order valence-corrected chi connectivity index (χ4v) is 3.77. The van der Waals surface area contributed by atoms with Crippen LogP contribution in [0.1, 0.15) is 22.8 Å². The molecule has 0 N–H and O–H groups in total. The Kier molecular flexibility index (Phi) is 4.68. The zero-order valence-electron chi connectivity index (χ0n) is 16.8. The van der Waals surface area contributed by atoms with Crippen LogP contribution >= 0.6 is 0 Å². The largest absolute Gasteiger partial charge is 0.327 e. The molecule has 0 saturated heterocycles. The Morgan fingerprint density at radius 2 is 1.93 bits per heavy atom. The van der Waals surface area contributed by atoms with Crippen molar-refractivity contribution in [2.45, 2.75) is 13.8 Å². The standard InChI is InChI=1S/C23H19N5O2/c1-15-11-17(16(2)27(15)19-7-6-8-20(13-19)28(29)30)12-18(14-24)23-25-21-9-4-5-10-22(21)26(23)3/h4-13H,1-3H3/b18-12-. The number of aryl methyl sites for hydroxylation is 2. The quantitative estimate of drug-likeness (QED) is 0.277. The first kappa shape index (κ1) is 19.2. The number of nitriles is 1. The molecule has 4 rings (SSSR count). The molecule has 0 fully saturated rings. The number of allylic oxidation sites excluding steroid dienone is 1. The summed E-state index contributed by atoms with van der Waals surface area (Å²) in [4.78, 5) is 15.4. The maximum atomic E-state index is 11.1. The molecule has 0 bridgehead atoms. The van der Waals surface area contributed by atoms with Gasteiger partial charge in [0.25, 0.3) is 5.69 Å². The number of imidazole rings is 1. The summed E-state index contributed by atoms with van der Waals surface area (Å²) in [5.41, 5.74) is 5.65. The van der Waals surface area contributed by atoms with Crippen LogP contribution in [-0.4, -0.2) is 19.0 Å². The van der Waals surface area contributed by atoms with Crippen LogP contribution in [0.5, 0.6) is 0 Å². The van der Waals surface area contributed by atoms with Gasteiger partial charge in [-0.05, 0) is 49.8 Å². The summed E-state index contributed by atoms with van der Waals surface area (Å²) in [7, 11) is 1.89. The molecule has 0 aliphatic heterocycles. The van der Waals surface area contributed by atoms with Gasteiger partial charge in [-0.2, -0.15) is 5.26 Å². The van der Waals surface area contributed by atoms with E-state index in [-0.39, 0.29) is 5.69 Å². The van der Waals surface area contributed by atoms with Gasteiger partial charge in [-0.25, -0.2) is 4.98 Å². The van der Waals surface area contributed by atoms with Crippen molar-refractivity contribution >= 4 is 28.4 Å². The molecule has 148 valence electrons. The monoisotopic (exact) mass is 397 g/mol. The van der Waals surface area contributed by atoms with Crippen LogP contribution in [0, 0.1) is 35.3 Å². The maximum Gasteiger partial charge on any atom is 0.271 e. The number of hydrogen-bond acceptors (Lipinski definition) is 4. The smallest absolute Gasteiger partial charge is 0.271 e. The minimum absolute atomic E-state index is 0.0366. The van der Waals surface area contributed by atoms with Gasteiger partial charge in [0.05, 0.1) is 27.2 Å². The lowest BCUT2D eigenvalue weighted by Crippen LogP contribution is -2.00. The second-order valence-corrected chi connectivity index (χ2v) is 7.09. The van der Waals surface area contributed by atoms with E-state index in [0.29, 0.717) is 17.1 Å². The second kappa shape index (κ2) is 7.33. The summed E-state index contributed by atoms with van der Waals surface area (Å²) in [6, 6.07) is 18.5. The zero-order valence-corrected chi connectivity index (χ0v) is 16.8. The van der Waals surface area contributed by atoms with Crippen molar-refractivity contribution in [3.8, 4) is 11.8 Å². The molecule has 0 spiro atoms. The number of benzene rings is 2. The van der Waals surface area contributed by atoms with E-state index >= 15 is 0 Å². The minimum atomic E-state index is -0.405. The Morgan fingerprint density at radius 3 is 2.63 bits per heavy atom. The molecule has 2 heterocycles. The van der Waals surface area contributed by atoms with Crippen molar-refractivity contribution in [1.82, 2.24) is 14.1 Å². The molecule has 4 aromatic rings. The highest BCUT2D eigenvalue weighted by Gasteiger charge is 2.16. The Balaban J connectivity index is 1.83.